The summed E-state index contributed by atoms with van der Waals surface area (Å²) in [5.74, 6) is 0. The molecule has 0 radical (unpaired) electrons. The first-order valence-electron chi connectivity index (χ1n) is 17.1. The minimum atomic E-state index is 0.768. The van der Waals surface area contributed by atoms with Gasteiger partial charge in [0.05, 0.1) is 5.70 Å². The fraction of sp³-hybridized carbons (Fsp3) is 0.0417. The Kier molecular flexibility index (Phi) is 8.66. The first kappa shape index (κ1) is 30.9. The predicted octanol–water partition coefficient (Wildman–Crippen LogP) is 12.5. The molecule has 1 heterocycles. The lowest BCUT2D eigenvalue weighted by Crippen LogP contribution is -1.97. The van der Waals surface area contributed by atoms with Gasteiger partial charge in [-0.05, 0) is 91.0 Å². The number of benzene rings is 7. The van der Waals surface area contributed by atoms with Gasteiger partial charge in [-0.2, -0.15) is 0 Å². The SMILES string of the molecule is CC(=N/C(=C\Cc1ccc(-c2cccnc2)cc1)c1ccc(-c2cccc3ccccc23)cc1)c1ccc(-c2cccc3ccccc23)cc1. The molecule has 0 unspecified atom stereocenters. The summed E-state index contributed by atoms with van der Waals surface area (Å²) in [7, 11) is 0. The molecule has 0 fully saturated rings. The van der Waals surface area contributed by atoms with Crippen LogP contribution in [0.3, 0.4) is 0 Å². The van der Waals surface area contributed by atoms with Gasteiger partial charge in [0.15, 0.2) is 0 Å². The van der Waals surface area contributed by atoms with Gasteiger partial charge in [-0.25, -0.2) is 0 Å². The van der Waals surface area contributed by atoms with E-state index in [2.05, 4.69) is 182 Å². The first-order chi connectivity index (χ1) is 24.7. The van der Waals surface area contributed by atoms with Crippen LogP contribution >= 0.6 is 0 Å². The van der Waals surface area contributed by atoms with Gasteiger partial charge in [-0.3, -0.25) is 9.98 Å². The molecule has 0 amide bonds. The molecule has 1 aromatic heterocycles. The molecule has 0 spiro atoms. The van der Waals surface area contributed by atoms with Gasteiger partial charge in [-0.15, -0.1) is 0 Å². The second-order valence-electron chi connectivity index (χ2n) is 12.6. The highest BCUT2D eigenvalue weighted by Gasteiger charge is 2.09. The average molecular weight is 641 g/mol. The number of hydrogen-bond acceptors (Lipinski definition) is 2. The van der Waals surface area contributed by atoms with Crippen LogP contribution in [0.1, 0.15) is 23.6 Å². The van der Waals surface area contributed by atoms with Crippen LogP contribution in [0.2, 0.25) is 0 Å². The molecular weight excluding hydrogens is 605 g/mol. The topological polar surface area (TPSA) is 25.2 Å². The number of nitrogens with zero attached hydrogens (tertiary/aromatic N) is 2. The van der Waals surface area contributed by atoms with Crippen molar-refractivity contribution in [3.05, 3.63) is 205 Å². The van der Waals surface area contributed by atoms with Crippen molar-refractivity contribution in [1.82, 2.24) is 4.98 Å². The molecule has 8 aromatic rings. The van der Waals surface area contributed by atoms with E-state index >= 15 is 0 Å². The Morgan fingerprint density at radius 2 is 1.04 bits per heavy atom. The summed E-state index contributed by atoms with van der Waals surface area (Å²) < 4.78 is 0. The molecule has 2 nitrogen and oxygen atoms in total. The van der Waals surface area contributed by atoms with Crippen molar-refractivity contribution in [3.8, 4) is 33.4 Å². The summed E-state index contributed by atoms with van der Waals surface area (Å²) in [6.45, 7) is 2.11. The van der Waals surface area contributed by atoms with E-state index in [4.69, 9.17) is 4.99 Å². The number of allylic oxidation sites excluding steroid dienone is 1. The quantitative estimate of drug-likeness (QED) is 0.152. The lowest BCUT2D eigenvalue weighted by molar-refractivity contribution is 1.26. The summed E-state index contributed by atoms with van der Waals surface area (Å²) in [5, 5.41) is 5.02. The van der Waals surface area contributed by atoms with Gasteiger partial charge in [0.25, 0.3) is 0 Å². The van der Waals surface area contributed by atoms with E-state index in [1.54, 1.807) is 6.20 Å². The van der Waals surface area contributed by atoms with Crippen molar-refractivity contribution in [2.24, 2.45) is 4.99 Å². The molecule has 0 aliphatic rings. The van der Waals surface area contributed by atoms with Crippen LogP contribution in [0.4, 0.5) is 0 Å². The second-order valence-corrected chi connectivity index (χ2v) is 12.6. The number of pyridine rings is 1. The van der Waals surface area contributed by atoms with Gasteiger partial charge in [-0.1, -0.05) is 170 Å². The number of rotatable bonds is 8. The Morgan fingerprint density at radius 3 is 1.62 bits per heavy atom. The Bertz CT molecular complexity index is 2460. The molecule has 0 atom stereocenters. The third-order valence-corrected chi connectivity index (χ3v) is 9.45. The normalized spacial score (nSPS) is 12.0. The minimum absolute atomic E-state index is 0.768. The van der Waals surface area contributed by atoms with Gasteiger partial charge in [0.1, 0.15) is 0 Å². The third kappa shape index (κ3) is 6.52. The van der Waals surface area contributed by atoms with E-state index in [1.165, 1.54) is 49.4 Å². The van der Waals surface area contributed by atoms with E-state index in [1.807, 2.05) is 12.3 Å². The van der Waals surface area contributed by atoms with Crippen molar-refractivity contribution in [2.75, 3.05) is 0 Å². The van der Waals surface area contributed by atoms with Crippen LogP contribution in [0.15, 0.2) is 193 Å². The predicted molar refractivity (Wildman–Crippen MR) is 212 cm³/mol. The molecule has 0 bridgehead atoms. The van der Waals surface area contributed by atoms with Crippen molar-refractivity contribution in [1.29, 1.82) is 0 Å². The largest absolute Gasteiger partial charge is 0.264 e. The highest BCUT2D eigenvalue weighted by molar-refractivity contribution is 6.03. The lowest BCUT2D eigenvalue weighted by atomic mass is 9.96. The molecule has 0 aliphatic heterocycles. The molecule has 238 valence electrons. The zero-order valence-corrected chi connectivity index (χ0v) is 28.0. The summed E-state index contributed by atoms with van der Waals surface area (Å²) in [4.78, 5) is 9.55. The Balaban J connectivity index is 1.12. The Hall–Kier alpha value is -6.38. The van der Waals surface area contributed by atoms with Crippen LogP contribution in [0.5, 0.6) is 0 Å². The van der Waals surface area contributed by atoms with E-state index in [9.17, 15) is 0 Å². The molecule has 0 aliphatic carbocycles. The number of fused-ring (bicyclic) bond motifs is 2. The zero-order valence-electron chi connectivity index (χ0n) is 28.0. The van der Waals surface area contributed by atoms with Crippen LogP contribution in [-0.2, 0) is 6.42 Å². The number of aliphatic imine (C=N–C) groups is 1. The second kappa shape index (κ2) is 14.0. The molecule has 0 N–H and O–H groups in total. The lowest BCUT2D eigenvalue weighted by Gasteiger charge is -2.11. The molecule has 7 aromatic carbocycles. The van der Waals surface area contributed by atoms with Crippen LogP contribution in [0, 0.1) is 0 Å². The standard InChI is InChI=1S/C48H36N2/c1-34(36-23-25-40(26-24-36)46-16-6-11-38-9-2-4-14-44(38)46)50-48(31-20-35-18-21-37(22-19-35)43-13-8-32-49-33-43)42-29-27-41(28-30-42)47-17-7-12-39-10-3-5-15-45(39)47/h2-19,21-33H,20H2,1H3/b48-31-,50-34?. The molecule has 2 heteroatoms. The molecule has 8 rings (SSSR count). The number of aromatic nitrogens is 1. The van der Waals surface area contributed by atoms with E-state index in [0.717, 1.165) is 40.1 Å². The molecule has 0 saturated carbocycles. The number of hydrogen-bond donors (Lipinski definition) is 0. The van der Waals surface area contributed by atoms with Crippen molar-refractivity contribution in [2.45, 2.75) is 13.3 Å². The zero-order chi connectivity index (χ0) is 33.7. The summed E-state index contributed by atoms with van der Waals surface area (Å²) >= 11 is 0. The Morgan fingerprint density at radius 1 is 0.500 bits per heavy atom. The Labute approximate surface area is 293 Å². The van der Waals surface area contributed by atoms with Crippen LogP contribution in [0.25, 0.3) is 60.6 Å². The van der Waals surface area contributed by atoms with Gasteiger partial charge < -0.3 is 0 Å². The molecule has 50 heavy (non-hydrogen) atoms. The first-order valence-corrected chi connectivity index (χ1v) is 17.1. The smallest absolute Gasteiger partial charge is 0.0668 e. The maximum atomic E-state index is 5.27. The average Bonchev–Trinajstić information content (AvgIpc) is 3.19. The van der Waals surface area contributed by atoms with E-state index in [-0.39, 0.29) is 0 Å². The van der Waals surface area contributed by atoms with E-state index in [0.29, 0.717) is 0 Å². The fourth-order valence-electron chi connectivity index (χ4n) is 6.72. The van der Waals surface area contributed by atoms with Gasteiger partial charge in [0.2, 0.25) is 0 Å². The van der Waals surface area contributed by atoms with Crippen molar-refractivity contribution in [3.63, 3.8) is 0 Å². The monoisotopic (exact) mass is 640 g/mol. The maximum absolute atomic E-state index is 5.27. The van der Waals surface area contributed by atoms with Gasteiger partial charge in [0, 0.05) is 18.1 Å². The summed E-state index contributed by atoms with van der Waals surface area (Å²) in [6, 6.07) is 60.6. The summed E-state index contributed by atoms with van der Waals surface area (Å²) in [5.41, 5.74) is 12.5. The molecule has 0 saturated heterocycles. The summed E-state index contributed by atoms with van der Waals surface area (Å²) in [6.07, 6.45) is 6.73. The van der Waals surface area contributed by atoms with Gasteiger partial charge >= 0.3 is 0 Å². The minimum Gasteiger partial charge on any atom is -0.264 e. The fourth-order valence-corrected chi connectivity index (χ4v) is 6.72. The maximum Gasteiger partial charge on any atom is 0.0668 e. The van der Waals surface area contributed by atoms with Crippen molar-refractivity contribution < 1.29 is 0 Å². The van der Waals surface area contributed by atoms with Crippen LogP contribution < -0.4 is 0 Å². The molecular formula is C48H36N2. The van der Waals surface area contributed by atoms with Crippen molar-refractivity contribution >= 4 is 33.0 Å². The van der Waals surface area contributed by atoms with Crippen LogP contribution in [-0.4, -0.2) is 10.7 Å². The highest BCUT2D eigenvalue weighted by atomic mass is 14.8. The van der Waals surface area contributed by atoms with E-state index < -0.39 is 0 Å². The highest BCUT2D eigenvalue weighted by Crippen LogP contribution is 2.32. The third-order valence-electron chi connectivity index (χ3n) is 9.45.